The number of nitrogens with zero attached hydrogens (tertiary/aromatic N) is 3. The normalized spacial score (nSPS) is 17.0. The molecule has 130 valence electrons. The molecule has 1 aromatic heterocycles. The molecule has 2 heterocycles. The number of imidazole rings is 1. The zero-order valence-electron chi connectivity index (χ0n) is 14.4. The number of hydrogen-bond acceptors (Lipinski definition) is 3. The fraction of sp³-hybridized carbons (Fsp3) is 0.350. The SMILES string of the molecule is C[C@H](c1nc2ccccc2n1Cc1ccc(F)cc1)N1CCOCC1. The number of fused-ring (bicyclic) bond motifs is 1. The summed E-state index contributed by atoms with van der Waals surface area (Å²) in [6.45, 7) is 6.26. The average molecular weight is 339 g/mol. The van der Waals surface area contributed by atoms with Crippen LogP contribution in [-0.4, -0.2) is 40.8 Å². The number of hydrogen-bond donors (Lipinski definition) is 0. The highest BCUT2D eigenvalue weighted by Gasteiger charge is 2.24. The van der Waals surface area contributed by atoms with Crippen LogP contribution < -0.4 is 0 Å². The van der Waals surface area contributed by atoms with Gasteiger partial charge in [0.15, 0.2) is 0 Å². The molecule has 3 aromatic rings. The summed E-state index contributed by atoms with van der Waals surface area (Å²) in [5.41, 5.74) is 3.18. The summed E-state index contributed by atoms with van der Waals surface area (Å²) in [7, 11) is 0. The Kier molecular flexibility index (Phi) is 4.51. The molecule has 1 saturated heterocycles. The van der Waals surface area contributed by atoms with Gasteiger partial charge >= 0.3 is 0 Å². The summed E-state index contributed by atoms with van der Waals surface area (Å²) in [4.78, 5) is 7.32. The molecule has 0 saturated carbocycles. The van der Waals surface area contributed by atoms with Crippen LogP contribution in [0.2, 0.25) is 0 Å². The van der Waals surface area contributed by atoms with Crippen LogP contribution in [-0.2, 0) is 11.3 Å². The number of rotatable bonds is 4. The first-order valence-corrected chi connectivity index (χ1v) is 8.74. The minimum Gasteiger partial charge on any atom is -0.379 e. The summed E-state index contributed by atoms with van der Waals surface area (Å²) >= 11 is 0. The van der Waals surface area contributed by atoms with Crippen LogP contribution in [0, 0.1) is 5.82 Å². The Morgan fingerprint density at radius 1 is 1.08 bits per heavy atom. The van der Waals surface area contributed by atoms with Crippen molar-refractivity contribution in [2.24, 2.45) is 0 Å². The highest BCUT2D eigenvalue weighted by molar-refractivity contribution is 5.76. The quantitative estimate of drug-likeness (QED) is 0.727. The van der Waals surface area contributed by atoms with Gasteiger partial charge in [-0.15, -0.1) is 0 Å². The third-order valence-corrected chi connectivity index (χ3v) is 4.91. The first-order chi connectivity index (χ1) is 12.2. The number of morpholine rings is 1. The van der Waals surface area contributed by atoms with Crippen molar-refractivity contribution >= 4 is 11.0 Å². The Balaban J connectivity index is 1.73. The number of para-hydroxylation sites is 2. The molecule has 4 rings (SSSR count). The number of ether oxygens (including phenoxy) is 1. The molecule has 4 nitrogen and oxygen atoms in total. The Hall–Kier alpha value is -2.24. The molecule has 5 heteroatoms. The van der Waals surface area contributed by atoms with E-state index < -0.39 is 0 Å². The van der Waals surface area contributed by atoms with Gasteiger partial charge in [0.05, 0.1) is 30.3 Å². The van der Waals surface area contributed by atoms with Gasteiger partial charge in [0.2, 0.25) is 0 Å². The fourth-order valence-corrected chi connectivity index (χ4v) is 3.48. The molecule has 0 unspecified atom stereocenters. The Labute approximate surface area is 146 Å². The monoisotopic (exact) mass is 339 g/mol. The van der Waals surface area contributed by atoms with Gasteiger partial charge in [-0.1, -0.05) is 24.3 Å². The molecule has 0 bridgehead atoms. The molecular formula is C20H22FN3O. The van der Waals surface area contributed by atoms with Crippen molar-refractivity contribution in [3.8, 4) is 0 Å². The molecule has 0 radical (unpaired) electrons. The molecule has 0 N–H and O–H groups in total. The summed E-state index contributed by atoms with van der Waals surface area (Å²) in [6.07, 6.45) is 0. The first-order valence-electron chi connectivity index (χ1n) is 8.74. The van der Waals surface area contributed by atoms with E-state index >= 15 is 0 Å². The van der Waals surface area contributed by atoms with E-state index in [2.05, 4.69) is 22.5 Å². The Morgan fingerprint density at radius 3 is 2.56 bits per heavy atom. The lowest BCUT2D eigenvalue weighted by Gasteiger charge is -2.32. The van der Waals surface area contributed by atoms with Gasteiger partial charge in [-0.05, 0) is 36.8 Å². The standard InChI is InChI=1S/C20H22FN3O/c1-15(23-10-12-25-13-11-23)20-22-18-4-2-3-5-19(18)24(20)14-16-6-8-17(21)9-7-16/h2-9,15H,10-14H2,1H3/t15-/m1/s1. The maximum absolute atomic E-state index is 13.2. The third kappa shape index (κ3) is 3.30. The molecule has 2 aromatic carbocycles. The summed E-state index contributed by atoms with van der Waals surface area (Å²) in [5.74, 6) is 0.841. The van der Waals surface area contributed by atoms with Gasteiger partial charge in [-0.2, -0.15) is 0 Å². The van der Waals surface area contributed by atoms with E-state index in [1.807, 2.05) is 30.3 Å². The van der Waals surface area contributed by atoms with Crippen molar-refractivity contribution in [3.63, 3.8) is 0 Å². The van der Waals surface area contributed by atoms with Crippen molar-refractivity contribution in [2.45, 2.75) is 19.5 Å². The summed E-state index contributed by atoms with van der Waals surface area (Å²) in [6, 6.07) is 15.1. The molecule has 1 fully saturated rings. The zero-order chi connectivity index (χ0) is 17.2. The van der Waals surface area contributed by atoms with Crippen molar-refractivity contribution in [1.29, 1.82) is 0 Å². The average Bonchev–Trinajstić information content (AvgIpc) is 3.02. The second-order valence-electron chi connectivity index (χ2n) is 6.50. The van der Waals surface area contributed by atoms with Crippen LogP contribution in [0.1, 0.15) is 24.4 Å². The Bertz CT molecular complexity index is 853. The lowest BCUT2D eigenvalue weighted by molar-refractivity contribution is 0.0177. The van der Waals surface area contributed by atoms with E-state index in [0.29, 0.717) is 6.54 Å². The van der Waals surface area contributed by atoms with Crippen molar-refractivity contribution in [2.75, 3.05) is 26.3 Å². The number of halogens is 1. The van der Waals surface area contributed by atoms with E-state index in [-0.39, 0.29) is 11.9 Å². The van der Waals surface area contributed by atoms with Crippen LogP contribution in [0.25, 0.3) is 11.0 Å². The molecule has 1 aliphatic rings. The highest BCUT2D eigenvalue weighted by Crippen LogP contribution is 2.26. The predicted octanol–water partition coefficient (Wildman–Crippen LogP) is 3.62. The van der Waals surface area contributed by atoms with Crippen molar-refractivity contribution in [3.05, 3.63) is 65.7 Å². The molecule has 1 aliphatic heterocycles. The van der Waals surface area contributed by atoms with Crippen LogP contribution in [0.15, 0.2) is 48.5 Å². The lowest BCUT2D eigenvalue weighted by Crippen LogP contribution is -2.39. The van der Waals surface area contributed by atoms with Crippen LogP contribution >= 0.6 is 0 Å². The van der Waals surface area contributed by atoms with Gasteiger partial charge in [-0.3, -0.25) is 4.90 Å². The van der Waals surface area contributed by atoms with Gasteiger partial charge in [0, 0.05) is 19.6 Å². The molecular weight excluding hydrogens is 317 g/mol. The second-order valence-corrected chi connectivity index (χ2v) is 6.50. The maximum Gasteiger partial charge on any atom is 0.127 e. The van der Waals surface area contributed by atoms with E-state index in [1.54, 1.807) is 0 Å². The number of benzene rings is 2. The molecule has 0 aliphatic carbocycles. The van der Waals surface area contributed by atoms with E-state index in [4.69, 9.17) is 9.72 Å². The lowest BCUT2D eigenvalue weighted by atomic mass is 10.2. The largest absolute Gasteiger partial charge is 0.379 e. The van der Waals surface area contributed by atoms with Gasteiger partial charge in [0.25, 0.3) is 0 Å². The summed E-state index contributed by atoms with van der Waals surface area (Å²) in [5, 5.41) is 0. The van der Waals surface area contributed by atoms with Gasteiger partial charge < -0.3 is 9.30 Å². The molecule has 0 spiro atoms. The molecule has 1 atom stereocenters. The van der Waals surface area contributed by atoms with Crippen LogP contribution in [0.4, 0.5) is 4.39 Å². The van der Waals surface area contributed by atoms with E-state index in [1.165, 1.54) is 12.1 Å². The van der Waals surface area contributed by atoms with Gasteiger partial charge in [-0.25, -0.2) is 9.37 Å². The number of aromatic nitrogens is 2. The fourth-order valence-electron chi connectivity index (χ4n) is 3.48. The van der Waals surface area contributed by atoms with Crippen molar-refractivity contribution in [1.82, 2.24) is 14.5 Å². The second kappa shape index (κ2) is 6.94. The summed E-state index contributed by atoms with van der Waals surface area (Å²) < 4.78 is 21.0. The molecule has 0 amide bonds. The zero-order valence-corrected chi connectivity index (χ0v) is 14.4. The third-order valence-electron chi connectivity index (χ3n) is 4.91. The Morgan fingerprint density at radius 2 is 1.80 bits per heavy atom. The van der Waals surface area contributed by atoms with E-state index in [9.17, 15) is 4.39 Å². The predicted molar refractivity (Wildman–Crippen MR) is 96.0 cm³/mol. The van der Waals surface area contributed by atoms with Crippen molar-refractivity contribution < 1.29 is 9.13 Å². The van der Waals surface area contributed by atoms with Crippen LogP contribution in [0.5, 0.6) is 0 Å². The minimum absolute atomic E-state index is 0.205. The van der Waals surface area contributed by atoms with Gasteiger partial charge in [0.1, 0.15) is 11.6 Å². The van der Waals surface area contributed by atoms with E-state index in [0.717, 1.165) is 48.7 Å². The highest BCUT2D eigenvalue weighted by atomic mass is 19.1. The topological polar surface area (TPSA) is 30.3 Å². The maximum atomic E-state index is 13.2. The minimum atomic E-state index is -0.207. The smallest absolute Gasteiger partial charge is 0.127 e. The van der Waals surface area contributed by atoms with Crippen LogP contribution in [0.3, 0.4) is 0 Å². The molecule has 25 heavy (non-hydrogen) atoms. The first kappa shape index (κ1) is 16.2.